The van der Waals surface area contributed by atoms with E-state index < -0.39 is 5.83 Å². The smallest absolute Gasteiger partial charge is 0.196 e. The molecule has 1 aliphatic rings. The molecule has 2 rings (SSSR count). The van der Waals surface area contributed by atoms with Gasteiger partial charge in [0, 0.05) is 7.11 Å². The van der Waals surface area contributed by atoms with Crippen molar-refractivity contribution in [2.45, 2.75) is 95.5 Å². The van der Waals surface area contributed by atoms with E-state index in [1.54, 1.807) is 13.2 Å². The summed E-state index contributed by atoms with van der Waals surface area (Å²) in [6, 6.07) is 10.8. The maximum absolute atomic E-state index is 13.0. The summed E-state index contributed by atoms with van der Waals surface area (Å²) in [6.07, 6.45) is 14.8. The molecule has 0 aliphatic heterocycles. The molecule has 0 atom stereocenters. The Morgan fingerprint density at radius 2 is 1.86 bits per heavy atom. The molecule has 0 bridgehead atoms. The molecular weight excluding hydrogens is 349 g/mol. The van der Waals surface area contributed by atoms with Crippen LogP contribution in [-0.2, 0) is 11.2 Å². The molecule has 0 N–H and O–H groups in total. The van der Waals surface area contributed by atoms with Gasteiger partial charge in [0.2, 0.25) is 0 Å². The highest BCUT2D eigenvalue weighted by atomic mass is 19.1. The van der Waals surface area contributed by atoms with Crippen molar-refractivity contribution in [1.29, 1.82) is 5.26 Å². The highest BCUT2D eigenvalue weighted by Crippen LogP contribution is 2.42. The lowest BCUT2D eigenvalue weighted by atomic mass is 9.74. The van der Waals surface area contributed by atoms with Crippen LogP contribution in [0.1, 0.15) is 94.6 Å². The standard InChI is InChI=1S/C25H36FNO/c1-3-4-5-6-7-9-21-11-13-22(14-12-21)23-15-18-25(28-2,19-16-23)17-8-10-24(26)20-27/h10-14,23H,3-9,15-19H2,1-2H3. The molecule has 0 spiro atoms. The zero-order valence-electron chi connectivity index (χ0n) is 17.7. The number of nitrogens with zero attached hydrogens (tertiary/aromatic N) is 1. The fraction of sp³-hybridized carbons (Fsp3) is 0.640. The van der Waals surface area contributed by atoms with Gasteiger partial charge in [-0.2, -0.15) is 9.65 Å². The molecule has 0 heterocycles. The van der Waals surface area contributed by atoms with Crippen LogP contribution in [0.25, 0.3) is 0 Å². The van der Waals surface area contributed by atoms with E-state index in [-0.39, 0.29) is 5.60 Å². The lowest BCUT2D eigenvalue weighted by Gasteiger charge is -2.39. The molecule has 154 valence electrons. The number of ether oxygens (including phenoxy) is 1. The molecule has 1 aliphatic carbocycles. The summed E-state index contributed by atoms with van der Waals surface area (Å²) in [4.78, 5) is 0. The largest absolute Gasteiger partial charge is 0.378 e. The van der Waals surface area contributed by atoms with Crippen molar-refractivity contribution < 1.29 is 9.13 Å². The SMILES string of the molecule is CCCCCCCc1ccc(C2CCC(CCC=C(F)C#N)(OC)CC2)cc1. The van der Waals surface area contributed by atoms with Gasteiger partial charge in [-0.1, -0.05) is 56.9 Å². The molecule has 28 heavy (non-hydrogen) atoms. The van der Waals surface area contributed by atoms with E-state index in [4.69, 9.17) is 10.00 Å². The van der Waals surface area contributed by atoms with Crippen molar-refractivity contribution in [3.8, 4) is 6.07 Å². The van der Waals surface area contributed by atoms with Crippen LogP contribution in [-0.4, -0.2) is 12.7 Å². The molecule has 2 nitrogen and oxygen atoms in total. The monoisotopic (exact) mass is 385 g/mol. The van der Waals surface area contributed by atoms with Gasteiger partial charge in [-0.05, 0) is 74.5 Å². The molecule has 3 heteroatoms. The van der Waals surface area contributed by atoms with Crippen LogP contribution in [0.15, 0.2) is 36.2 Å². The van der Waals surface area contributed by atoms with Gasteiger partial charge in [-0.25, -0.2) is 0 Å². The van der Waals surface area contributed by atoms with Crippen molar-refractivity contribution in [1.82, 2.24) is 0 Å². The van der Waals surface area contributed by atoms with Crippen molar-refractivity contribution in [3.05, 3.63) is 47.3 Å². The molecule has 1 aromatic rings. The van der Waals surface area contributed by atoms with Gasteiger partial charge in [0.15, 0.2) is 5.83 Å². The lowest BCUT2D eigenvalue weighted by molar-refractivity contribution is -0.0483. The Balaban J connectivity index is 1.80. The molecule has 0 aromatic heterocycles. The second-order valence-electron chi connectivity index (χ2n) is 8.27. The zero-order chi connectivity index (χ0) is 20.2. The van der Waals surface area contributed by atoms with Gasteiger partial charge in [-0.3, -0.25) is 0 Å². The summed E-state index contributed by atoms with van der Waals surface area (Å²) in [5.41, 5.74) is 2.73. The molecule has 0 amide bonds. The lowest BCUT2D eigenvalue weighted by Crippen LogP contribution is -2.35. The van der Waals surface area contributed by atoms with Gasteiger partial charge in [0.1, 0.15) is 6.07 Å². The van der Waals surface area contributed by atoms with Crippen LogP contribution < -0.4 is 0 Å². The first-order valence-electron chi connectivity index (χ1n) is 11.0. The number of nitriles is 1. The second-order valence-corrected chi connectivity index (χ2v) is 8.27. The number of hydrogen-bond donors (Lipinski definition) is 0. The summed E-state index contributed by atoms with van der Waals surface area (Å²) in [7, 11) is 1.76. The first-order chi connectivity index (χ1) is 13.6. The molecule has 0 saturated heterocycles. The first-order valence-corrected chi connectivity index (χ1v) is 11.0. The quantitative estimate of drug-likeness (QED) is 0.294. The van der Waals surface area contributed by atoms with Gasteiger partial charge >= 0.3 is 0 Å². The third-order valence-corrected chi connectivity index (χ3v) is 6.38. The highest BCUT2D eigenvalue weighted by molar-refractivity contribution is 5.26. The average molecular weight is 386 g/mol. The number of allylic oxidation sites excluding steroid dienone is 2. The minimum atomic E-state index is -0.689. The predicted molar refractivity (Wildman–Crippen MR) is 114 cm³/mol. The molecular formula is C25H36FNO. The van der Waals surface area contributed by atoms with Crippen LogP contribution in [0.2, 0.25) is 0 Å². The van der Waals surface area contributed by atoms with E-state index >= 15 is 0 Å². The van der Waals surface area contributed by atoms with E-state index in [0.717, 1.165) is 32.1 Å². The van der Waals surface area contributed by atoms with Gasteiger partial charge in [0.05, 0.1) is 5.60 Å². The fourth-order valence-electron chi connectivity index (χ4n) is 4.43. The molecule has 1 aromatic carbocycles. The van der Waals surface area contributed by atoms with E-state index in [0.29, 0.717) is 12.3 Å². The van der Waals surface area contributed by atoms with E-state index in [1.807, 2.05) is 0 Å². The number of halogens is 1. The predicted octanol–water partition coefficient (Wildman–Crippen LogP) is 7.40. The molecule has 0 radical (unpaired) electrons. The fourth-order valence-corrected chi connectivity index (χ4v) is 4.43. The van der Waals surface area contributed by atoms with Crippen LogP contribution in [0.4, 0.5) is 4.39 Å². The van der Waals surface area contributed by atoms with Gasteiger partial charge in [0.25, 0.3) is 0 Å². The van der Waals surface area contributed by atoms with Crippen molar-refractivity contribution in [3.63, 3.8) is 0 Å². The Morgan fingerprint density at radius 3 is 2.46 bits per heavy atom. The first kappa shape index (κ1) is 22.6. The summed E-state index contributed by atoms with van der Waals surface area (Å²) < 4.78 is 18.9. The number of rotatable bonds is 11. The van der Waals surface area contributed by atoms with Crippen LogP contribution >= 0.6 is 0 Å². The zero-order valence-corrected chi connectivity index (χ0v) is 17.7. The van der Waals surface area contributed by atoms with Gasteiger partial charge < -0.3 is 4.74 Å². The van der Waals surface area contributed by atoms with Crippen molar-refractivity contribution >= 4 is 0 Å². The summed E-state index contributed by atoms with van der Waals surface area (Å²) >= 11 is 0. The minimum absolute atomic E-state index is 0.166. The Hall–Kier alpha value is -1.66. The molecule has 1 fully saturated rings. The minimum Gasteiger partial charge on any atom is -0.378 e. The Kier molecular flexibility index (Phi) is 9.71. The van der Waals surface area contributed by atoms with Crippen LogP contribution in [0.3, 0.4) is 0 Å². The Labute approximate surface area is 170 Å². The van der Waals surface area contributed by atoms with E-state index in [9.17, 15) is 4.39 Å². The van der Waals surface area contributed by atoms with Gasteiger partial charge in [-0.15, -0.1) is 0 Å². The maximum Gasteiger partial charge on any atom is 0.196 e. The molecule has 1 saturated carbocycles. The summed E-state index contributed by atoms with van der Waals surface area (Å²) in [5, 5.41) is 8.53. The van der Waals surface area contributed by atoms with Crippen molar-refractivity contribution in [2.24, 2.45) is 0 Å². The highest BCUT2D eigenvalue weighted by Gasteiger charge is 2.35. The number of aryl methyl sites for hydroxylation is 1. The van der Waals surface area contributed by atoms with Crippen LogP contribution in [0.5, 0.6) is 0 Å². The number of hydrogen-bond acceptors (Lipinski definition) is 2. The Bertz CT molecular complexity index is 636. The van der Waals surface area contributed by atoms with E-state index in [1.165, 1.54) is 55.7 Å². The topological polar surface area (TPSA) is 33.0 Å². The number of unbranched alkanes of at least 4 members (excludes halogenated alkanes) is 4. The third kappa shape index (κ3) is 7.06. The number of methoxy groups -OCH3 is 1. The molecule has 0 unspecified atom stereocenters. The number of benzene rings is 1. The van der Waals surface area contributed by atoms with Crippen molar-refractivity contribution in [2.75, 3.05) is 7.11 Å². The average Bonchev–Trinajstić information content (AvgIpc) is 2.74. The second kappa shape index (κ2) is 12.0. The van der Waals surface area contributed by atoms with Crippen LogP contribution in [0, 0.1) is 11.3 Å². The normalized spacial score (nSPS) is 22.8. The Morgan fingerprint density at radius 1 is 1.18 bits per heavy atom. The maximum atomic E-state index is 13.0. The third-order valence-electron chi connectivity index (χ3n) is 6.38. The summed E-state index contributed by atoms with van der Waals surface area (Å²) in [5.74, 6) is -0.0985. The summed E-state index contributed by atoms with van der Waals surface area (Å²) in [6.45, 7) is 2.26. The van der Waals surface area contributed by atoms with E-state index in [2.05, 4.69) is 31.2 Å².